The van der Waals surface area contributed by atoms with Gasteiger partial charge in [0.2, 0.25) is 5.91 Å². The highest BCUT2D eigenvalue weighted by Gasteiger charge is 2.14. The zero-order valence-corrected chi connectivity index (χ0v) is 18.2. The predicted molar refractivity (Wildman–Crippen MR) is 120 cm³/mol. The Hall–Kier alpha value is -3.32. The summed E-state index contributed by atoms with van der Waals surface area (Å²) >= 11 is 1.53. The van der Waals surface area contributed by atoms with Crippen LogP contribution < -0.4 is 14.8 Å². The Morgan fingerprint density at radius 1 is 1.07 bits per heavy atom. The molecule has 0 saturated carbocycles. The average molecular weight is 422 g/mol. The first kappa shape index (κ1) is 20.0. The highest BCUT2D eigenvalue weighted by molar-refractivity contribution is 7.15. The van der Waals surface area contributed by atoms with Crippen molar-refractivity contribution in [3.63, 3.8) is 0 Å². The quantitative estimate of drug-likeness (QED) is 0.482. The van der Waals surface area contributed by atoms with Gasteiger partial charge in [-0.1, -0.05) is 12.1 Å². The Balaban J connectivity index is 1.53. The van der Waals surface area contributed by atoms with E-state index >= 15 is 0 Å². The molecular weight excluding hydrogens is 398 g/mol. The van der Waals surface area contributed by atoms with Gasteiger partial charge in [0.1, 0.15) is 0 Å². The van der Waals surface area contributed by atoms with Crippen LogP contribution in [0.15, 0.2) is 48.0 Å². The largest absolute Gasteiger partial charge is 0.493 e. The van der Waals surface area contributed by atoms with Crippen LogP contribution >= 0.6 is 11.3 Å². The van der Waals surface area contributed by atoms with E-state index in [1.54, 1.807) is 32.4 Å². The summed E-state index contributed by atoms with van der Waals surface area (Å²) < 4.78 is 12.5. The normalized spacial score (nSPS) is 10.9. The Bertz CT molecular complexity index is 1230. The van der Waals surface area contributed by atoms with Crippen molar-refractivity contribution < 1.29 is 14.3 Å². The molecule has 4 rings (SSSR count). The lowest BCUT2D eigenvalue weighted by molar-refractivity contribution is -0.115. The number of rotatable bonds is 6. The van der Waals surface area contributed by atoms with E-state index in [4.69, 9.17) is 14.5 Å². The van der Waals surface area contributed by atoms with Crippen molar-refractivity contribution in [3.05, 3.63) is 64.8 Å². The van der Waals surface area contributed by atoms with Crippen molar-refractivity contribution in [3.8, 4) is 22.8 Å². The number of methoxy groups -OCH3 is 2. The SMILES string of the molecule is COc1ccc(NC(=O)Cc2csc3nc(-c4ccc(C)c(C)c4)cn23)cc1OC. The summed E-state index contributed by atoms with van der Waals surface area (Å²) in [7, 11) is 3.15. The van der Waals surface area contributed by atoms with E-state index in [1.165, 1.54) is 22.5 Å². The fraction of sp³-hybridized carbons (Fsp3) is 0.217. The van der Waals surface area contributed by atoms with Crippen LogP contribution in [0.2, 0.25) is 0 Å². The van der Waals surface area contributed by atoms with Gasteiger partial charge in [-0.05, 0) is 43.2 Å². The number of nitrogens with one attached hydrogen (secondary N) is 1. The molecule has 2 aromatic heterocycles. The topological polar surface area (TPSA) is 64.9 Å². The van der Waals surface area contributed by atoms with Gasteiger partial charge in [-0.2, -0.15) is 0 Å². The maximum absolute atomic E-state index is 12.6. The van der Waals surface area contributed by atoms with Gasteiger partial charge >= 0.3 is 0 Å². The standard InChI is InChI=1S/C23H23N3O3S/c1-14-5-6-16(9-15(14)2)19-12-26-18(13-30-23(26)25-19)11-22(27)24-17-7-8-20(28-3)21(10-17)29-4/h5-10,12-13H,11H2,1-4H3,(H,24,27). The third-order valence-electron chi connectivity index (χ3n) is 5.10. The predicted octanol–water partition coefficient (Wildman–Crippen LogP) is 4.88. The van der Waals surface area contributed by atoms with Gasteiger partial charge in [-0.25, -0.2) is 4.98 Å². The monoisotopic (exact) mass is 421 g/mol. The van der Waals surface area contributed by atoms with Crippen molar-refractivity contribution in [1.82, 2.24) is 9.38 Å². The second-order valence-corrected chi connectivity index (χ2v) is 7.94. The molecule has 1 amide bonds. The van der Waals surface area contributed by atoms with E-state index in [-0.39, 0.29) is 12.3 Å². The van der Waals surface area contributed by atoms with E-state index in [9.17, 15) is 4.79 Å². The zero-order chi connectivity index (χ0) is 21.3. The van der Waals surface area contributed by atoms with Gasteiger partial charge in [-0.3, -0.25) is 9.20 Å². The summed E-state index contributed by atoms with van der Waals surface area (Å²) in [5.41, 5.74) is 6.04. The molecule has 30 heavy (non-hydrogen) atoms. The van der Waals surface area contributed by atoms with Crippen molar-refractivity contribution in [2.24, 2.45) is 0 Å². The summed E-state index contributed by atoms with van der Waals surface area (Å²) in [4.78, 5) is 18.2. The number of hydrogen-bond acceptors (Lipinski definition) is 5. The lowest BCUT2D eigenvalue weighted by Gasteiger charge is -2.10. The number of aryl methyl sites for hydroxylation is 2. The number of amides is 1. The van der Waals surface area contributed by atoms with Gasteiger partial charge < -0.3 is 14.8 Å². The number of aromatic nitrogens is 2. The number of carbonyl (C=O) groups excluding carboxylic acids is 1. The van der Waals surface area contributed by atoms with Crippen LogP contribution in [0.4, 0.5) is 5.69 Å². The molecule has 0 aliphatic heterocycles. The second-order valence-electron chi connectivity index (χ2n) is 7.10. The summed E-state index contributed by atoms with van der Waals surface area (Å²) in [5.74, 6) is 1.08. The van der Waals surface area contributed by atoms with Gasteiger partial charge in [0.15, 0.2) is 16.5 Å². The molecule has 0 fully saturated rings. The van der Waals surface area contributed by atoms with Crippen LogP contribution in [0.1, 0.15) is 16.8 Å². The molecule has 7 heteroatoms. The van der Waals surface area contributed by atoms with Gasteiger partial charge in [0.25, 0.3) is 0 Å². The highest BCUT2D eigenvalue weighted by Crippen LogP contribution is 2.30. The molecular formula is C23H23N3O3S. The first-order chi connectivity index (χ1) is 14.5. The first-order valence-electron chi connectivity index (χ1n) is 9.53. The lowest BCUT2D eigenvalue weighted by Crippen LogP contribution is -2.15. The number of benzene rings is 2. The third kappa shape index (κ3) is 3.89. The maximum Gasteiger partial charge on any atom is 0.230 e. The van der Waals surface area contributed by atoms with E-state index < -0.39 is 0 Å². The van der Waals surface area contributed by atoms with E-state index in [1.807, 2.05) is 16.0 Å². The molecule has 2 aromatic carbocycles. The Morgan fingerprint density at radius 2 is 1.87 bits per heavy atom. The maximum atomic E-state index is 12.6. The molecule has 2 heterocycles. The van der Waals surface area contributed by atoms with E-state index in [0.29, 0.717) is 17.2 Å². The number of anilines is 1. The molecule has 0 aliphatic carbocycles. The summed E-state index contributed by atoms with van der Waals surface area (Å²) in [5, 5.41) is 4.89. The van der Waals surface area contributed by atoms with Gasteiger partial charge in [0.05, 0.1) is 26.3 Å². The molecule has 0 atom stereocenters. The number of thiazole rings is 1. The summed E-state index contributed by atoms with van der Waals surface area (Å²) in [6.07, 6.45) is 2.24. The van der Waals surface area contributed by atoms with Gasteiger partial charge in [0, 0.05) is 34.6 Å². The molecule has 0 spiro atoms. The Labute approximate surface area is 179 Å². The molecule has 154 valence electrons. The minimum Gasteiger partial charge on any atom is -0.493 e. The minimum atomic E-state index is -0.108. The van der Waals surface area contributed by atoms with Crippen LogP contribution in [0.5, 0.6) is 11.5 Å². The number of nitrogens with zero attached hydrogens (tertiary/aromatic N) is 2. The molecule has 0 bridgehead atoms. The van der Waals surface area contributed by atoms with Crippen molar-refractivity contribution in [1.29, 1.82) is 0 Å². The van der Waals surface area contributed by atoms with Crippen LogP contribution in [-0.4, -0.2) is 29.5 Å². The van der Waals surface area contributed by atoms with E-state index in [0.717, 1.165) is 21.9 Å². The number of imidazole rings is 1. The second kappa shape index (κ2) is 8.20. The number of fused-ring (bicyclic) bond motifs is 1. The van der Waals surface area contributed by atoms with Crippen LogP contribution in [0, 0.1) is 13.8 Å². The lowest BCUT2D eigenvalue weighted by atomic mass is 10.0. The molecule has 4 aromatic rings. The first-order valence-corrected chi connectivity index (χ1v) is 10.4. The van der Waals surface area contributed by atoms with Crippen LogP contribution in [0.3, 0.4) is 0 Å². The molecule has 0 saturated heterocycles. The molecule has 0 aliphatic rings. The fourth-order valence-electron chi connectivity index (χ4n) is 3.28. The van der Waals surface area contributed by atoms with Crippen molar-refractivity contribution >= 4 is 27.9 Å². The van der Waals surface area contributed by atoms with Crippen molar-refractivity contribution in [2.45, 2.75) is 20.3 Å². The average Bonchev–Trinajstić information content (AvgIpc) is 3.32. The zero-order valence-electron chi connectivity index (χ0n) is 17.4. The fourth-order valence-corrected chi connectivity index (χ4v) is 4.15. The molecule has 0 unspecified atom stereocenters. The van der Waals surface area contributed by atoms with Crippen molar-refractivity contribution in [2.75, 3.05) is 19.5 Å². The summed E-state index contributed by atoms with van der Waals surface area (Å²) in [6.45, 7) is 4.20. The molecule has 0 radical (unpaired) electrons. The van der Waals surface area contributed by atoms with Gasteiger partial charge in [-0.15, -0.1) is 11.3 Å². The van der Waals surface area contributed by atoms with Crippen LogP contribution in [-0.2, 0) is 11.2 Å². The minimum absolute atomic E-state index is 0.108. The molecule has 1 N–H and O–H groups in total. The van der Waals surface area contributed by atoms with Crippen LogP contribution in [0.25, 0.3) is 16.2 Å². The Kier molecular flexibility index (Phi) is 5.46. The number of carbonyl (C=O) groups is 1. The smallest absolute Gasteiger partial charge is 0.230 e. The summed E-state index contributed by atoms with van der Waals surface area (Å²) in [6, 6.07) is 11.6. The third-order valence-corrected chi connectivity index (χ3v) is 5.98. The number of hydrogen-bond donors (Lipinski definition) is 1. The number of ether oxygens (including phenoxy) is 2. The van der Waals surface area contributed by atoms with E-state index in [2.05, 4.69) is 37.4 Å². The Morgan fingerprint density at radius 3 is 2.60 bits per heavy atom. The molecule has 6 nitrogen and oxygen atoms in total. The highest BCUT2D eigenvalue weighted by atomic mass is 32.1.